The first-order valence-corrected chi connectivity index (χ1v) is 11.5. The molecule has 0 saturated heterocycles. The molecule has 0 fully saturated rings. The Kier molecular flexibility index (Phi) is 6.98. The molecule has 0 spiro atoms. The van der Waals surface area contributed by atoms with Crippen LogP contribution in [0.1, 0.15) is 23.7 Å². The average molecular weight is 480 g/mol. The fourth-order valence-corrected chi connectivity index (χ4v) is 4.26. The van der Waals surface area contributed by atoms with Crippen molar-refractivity contribution in [3.8, 4) is 0 Å². The van der Waals surface area contributed by atoms with Gasteiger partial charge in [0, 0.05) is 24.7 Å². The van der Waals surface area contributed by atoms with E-state index < -0.39 is 11.2 Å². The van der Waals surface area contributed by atoms with Gasteiger partial charge in [-0.1, -0.05) is 60.1 Å². The summed E-state index contributed by atoms with van der Waals surface area (Å²) in [6.45, 7) is 4.28. The lowest BCUT2D eigenvalue weighted by atomic mass is 10.1. The number of halogens is 1. The number of aromatic nitrogens is 4. The Morgan fingerprint density at radius 2 is 1.71 bits per heavy atom. The van der Waals surface area contributed by atoms with Crippen molar-refractivity contribution in [3.63, 3.8) is 0 Å². The summed E-state index contributed by atoms with van der Waals surface area (Å²) in [4.78, 5) is 39.6. The van der Waals surface area contributed by atoms with E-state index in [0.29, 0.717) is 34.7 Å². The van der Waals surface area contributed by atoms with Crippen molar-refractivity contribution >= 4 is 28.5 Å². The van der Waals surface area contributed by atoms with E-state index >= 15 is 0 Å². The van der Waals surface area contributed by atoms with Crippen molar-refractivity contribution < 1.29 is 4.79 Å². The van der Waals surface area contributed by atoms with E-state index in [1.807, 2.05) is 55.5 Å². The van der Waals surface area contributed by atoms with E-state index in [9.17, 15) is 14.4 Å². The lowest BCUT2D eigenvalue weighted by Crippen LogP contribution is -2.43. The van der Waals surface area contributed by atoms with Gasteiger partial charge in [-0.3, -0.25) is 23.4 Å². The average Bonchev–Trinajstić information content (AvgIpc) is 3.18. The zero-order valence-electron chi connectivity index (χ0n) is 19.1. The molecular weight excluding hydrogens is 454 g/mol. The van der Waals surface area contributed by atoms with Gasteiger partial charge in [-0.25, -0.2) is 4.79 Å². The zero-order chi connectivity index (χ0) is 24.2. The zero-order valence-corrected chi connectivity index (χ0v) is 19.9. The number of rotatable bonds is 8. The van der Waals surface area contributed by atoms with E-state index in [0.717, 1.165) is 11.1 Å². The Bertz CT molecular complexity index is 1450. The molecule has 2 aromatic carbocycles. The fraction of sp³-hybridized carbons (Fsp3) is 0.280. The van der Waals surface area contributed by atoms with Crippen molar-refractivity contribution in [2.45, 2.75) is 46.4 Å². The number of hydrogen-bond donors (Lipinski definition) is 1. The van der Waals surface area contributed by atoms with Crippen molar-refractivity contribution in [3.05, 3.63) is 97.3 Å². The van der Waals surface area contributed by atoms with Crippen LogP contribution in [0.25, 0.3) is 11.0 Å². The number of carbonyl (C=O) groups is 1. The number of fused-ring (bicyclic) bond motifs is 1. The van der Waals surface area contributed by atoms with E-state index in [4.69, 9.17) is 11.6 Å². The maximum Gasteiger partial charge on any atom is 0.332 e. The van der Waals surface area contributed by atoms with Crippen LogP contribution in [0.15, 0.2) is 64.2 Å². The van der Waals surface area contributed by atoms with Gasteiger partial charge in [-0.2, -0.15) is 5.10 Å². The summed E-state index contributed by atoms with van der Waals surface area (Å²) in [5.41, 5.74) is 2.11. The molecule has 0 radical (unpaired) electrons. The van der Waals surface area contributed by atoms with Crippen LogP contribution in [0.5, 0.6) is 0 Å². The monoisotopic (exact) mass is 479 g/mol. The van der Waals surface area contributed by atoms with E-state index in [1.54, 1.807) is 17.7 Å². The Morgan fingerprint density at radius 3 is 2.41 bits per heavy atom. The molecule has 176 valence electrons. The van der Waals surface area contributed by atoms with Crippen LogP contribution in [0.4, 0.5) is 0 Å². The van der Waals surface area contributed by atoms with Gasteiger partial charge in [-0.15, -0.1) is 0 Å². The van der Waals surface area contributed by atoms with Gasteiger partial charge in [0.2, 0.25) is 5.91 Å². The molecule has 8 nitrogen and oxygen atoms in total. The molecule has 2 aromatic heterocycles. The number of nitrogens with zero attached hydrogens (tertiary/aromatic N) is 4. The Labute approximate surface area is 201 Å². The number of benzene rings is 2. The first kappa shape index (κ1) is 23.5. The van der Waals surface area contributed by atoms with Gasteiger partial charge in [-0.05, 0) is 37.5 Å². The summed E-state index contributed by atoms with van der Waals surface area (Å²) in [7, 11) is 0. The molecular formula is C25H26ClN5O3. The highest BCUT2D eigenvalue weighted by Gasteiger charge is 2.21. The van der Waals surface area contributed by atoms with Gasteiger partial charge < -0.3 is 5.32 Å². The fourth-order valence-electron chi connectivity index (χ4n) is 4.06. The molecule has 1 N–H and O–H groups in total. The van der Waals surface area contributed by atoms with Gasteiger partial charge in [0.05, 0.1) is 5.69 Å². The number of hydrogen-bond acceptors (Lipinski definition) is 4. The first-order valence-electron chi connectivity index (χ1n) is 11.2. The van der Waals surface area contributed by atoms with E-state index in [1.165, 1.54) is 9.13 Å². The van der Waals surface area contributed by atoms with E-state index in [2.05, 4.69) is 10.4 Å². The molecule has 0 aliphatic rings. The molecule has 34 heavy (non-hydrogen) atoms. The first-order chi connectivity index (χ1) is 16.4. The molecule has 4 rings (SSSR count). The van der Waals surface area contributed by atoms with E-state index in [-0.39, 0.29) is 25.5 Å². The third kappa shape index (κ3) is 4.68. The molecule has 2 heterocycles. The number of nitrogens with one attached hydrogen (secondary N) is 1. The standard InChI is InChI=1S/C25H26ClN5O3/c1-3-31-23-22(17(2)28-31)30(16-21(32)27-15-19-11-7-8-12-20(19)26)25(34)29(24(23)33)14-13-18-9-5-4-6-10-18/h4-12H,3,13-16H2,1-2H3,(H,27,32). The minimum Gasteiger partial charge on any atom is -0.350 e. The highest BCUT2D eigenvalue weighted by atomic mass is 35.5. The summed E-state index contributed by atoms with van der Waals surface area (Å²) < 4.78 is 4.13. The van der Waals surface area contributed by atoms with Crippen molar-refractivity contribution in [1.29, 1.82) is 0 Å². The Balaban J connectivity index is 1.70. The summed E-state index contributed by atoms with van der Waals surface area (Å²) in [5, 5.41) is 7.80. The van der Waals surface area contributed by atoms with Crippen LogP contribution >= 0.6 is 11.6 Å². The van der Waals surface area contributed by atoms with Gasteiger partial charge >= 0.3 is 5.69 Å². The third-order valence-electron chi connectivity index (χ3n) is 5.78. The Hall–Kier alpha value is -3.65. The highest BCUT2D eigenvalue weighted by Crippen LogP contribution is 2.15. The third-order valence-corrected chi connectivity index (χ3v) is 6.15. The molecule has 0 atom stereocenters. The molecule has 0 aliphatic carbocycles. The molecule has 9 heteroatoms. The highest BCUT2D eigenvalue weighted by molar-refractivity contribution is 6.31. The maximum absolute atomic E-state index is 13.4. The summed E-state index contributed by atoms with van der Waals surface area (Å²) >= 11 is 6.18. The van der Waals surface area contributed by atoms with Gasteiger partial charge in [0.25, 0.3) is 5.56 Å². The normalized spacial score (nSPS) is 11.1. The second-order valence-electron chi connectivity index (χ2n) is 8.03. The lowest BCUT2D eigenvalue weighted by Gasteiger charge is -2.13. The lowest BCUT2D eigenvalue weighted by molar-refractivity contribution is -0.121. The van der Waals surface area contributed by atoms with Crippen molar-refractivity contribution in [1.82, 2.24) is 24.2 Å². The summed E-state index contributed by atoms with van der Waals surface area (Å²) in [5.74, 6) is -0.361. The molecule has 1 amide bonds. The summed E-state index contributed by atoms with van der Waals surface area (Å²) in [6, 6.07) is 16.9. The van der Waals surface area contributed by atoms with Crippen LogP contribution in [0.2, 0.25) is 5.02 Å². The van der Waals surface area contributed by atoms with Crippen molar-refractivity contribution in [2.75, 3.05) is 0 Å². The second kappa shape index (κ2) is 10.1. The maximum atomic E-state index is 13.4. The van der Waals surface area contributed by atoms with Gasteiger partial charge in [0.1, 0.15) is 12.1 Å². The summed E-state index contributed by atoms with van der Waals surface area (Å²) in [6.07, 6.45) is 0.513. The largest absolute Gasteiger partial charge is 0.350 e. The predicted molar refractivity (Wildman–Crippen MR) is 132 cm³/mol. The molecule has 0 aliphatic heterocycles. The Morgan fingerprint density at radius 1 is 1.00 bits per heavy atom. The minimum atomic E-state index is -0.528. The number of aryl methyl sites for hydroxylation is 3. The van der Waals surface area contributed by atoms with Gasteiger partial charge in [0.15, 0.2) is 5.52 Å². The van der Waals surface area contributed by atoms with Crippen LogP contribution in [-0.4, -0.2) is 24.8 Å². The topological polar surface area (TPSA) is 90.9 Å². The minimum absolute atomic E-state index is 0.201. The number of carbonyl (C=O) groups excluding carboxylic acids is 1. The van der Waals surface area contributed by atoms with Crippen LogP contribution < -0.4 is 16.6 Å². The quantitative estimate of drug-likeness (QED) is 0.420. The molecule has 0 bridgehead atoms. The van der Waals surface area contributed by atoms with Crippen molar-refractivity contribution in [2.24, 2.45) is 0 Å². The molecule has 0 saturated carbocycles. The molecule has 0 unspecified atom stereocenters. The second-order valence-corrected chi connectivity index (χ2v) is 8.43. The van der Waals surface area contributed by atoms with Crippen LogP contribution in [0.3, 0.4) is 0 Å². The number of amides is 1. The molecule has 4 aromatic rings. The van der Waals surface area contributed by atoms with Crippen LogP contribution in [-0.2, 0) is 37.4 Å². The smallest absolute Gasteiger partial charge is 0.332 e. The predicted octanol–water partition coefficient (Wildman–Crippen LogP) is 2.90. The van der Waals surface area contributed by atoms with Crippen LogP contribution in [0, 0.1) is 6.92 Å². The SMILES string of the molecule is CCn1nc(C)c2c1c(=O)n(CCc1ccccc1)c(=O)n2CC(=O)NCc1ccccc1Cl.